The van der Waals surface area contributed by atoms with Crippen molar-refractivity contribution in [3.63, 3.8) is 0 Å². The van der Waals surface area contributed by atoms with Gasteiger partial charge in [0.1, 0.15) is 0 Å². The van der Waals surface area contributed by atoms with Crippen LogP contribution in [0.5, 0.6) is 0 Å². The molecule has 0 aromatic heterocycles. The molecule has 0 spiro atoms. The number of rotatable bonds is 1. The molecule has 1 rings (SSSR count). The average molecular weight is 461 g/mol. The second kappa shape index (κ2) is 4.82. The molecule has 2 nitrogen and oxygen atoms in total. The van der Waals surface area contributed by atoms with Crippen LogP contribution in [0.3, 0.4) is 0 Å². The molecule has 9 heteroatoms. The number of hydrogen-bond donors (Lipinski definition) is 0. The van der Waals surface area contributed by atoms with Crippen molar-refractivity contribution in [2.75, 3.05) is 0 Å². The van der Waals surface area contributed by atoms with E-state index in [0.29, 0.717) is 12.1 Å². The lowest BCUT2D eigenvalue weighted by Crippen LogP contribution is -2.18. The highest BCUT2D eigenvalue weighted by atomic mass is 80.0. The van der Waals surface area contributed by atoms with Crippen LogP contribution in [0, 0.1) is 0 Å². The maximum Gasteiger partial charge on any atom is 0.416 e. The third kappa shape index (κ3) is 3.45. The summed E-state index contributed by atoms with van der Waals surface area (Å²) in [6.07, 6.45) is -4.49. The lowest BCUT2D eigenvalue weighted by atomic mass is 10.2. The molecule has 0 bridgehead atoms. The molecule has 0 amide bonds. The van der Waals surface area contributed by atoms with Gasteiger partial charge in [0.25, 0.3) is 0 Å². The van der Waals surface area contributed by atoms with Crippen molar-refractivity contribution in [1.29, 1.82) is 0 Å². The Hall–Kier alpha value is 0.400. The van der Waals surface area contributed by atoms with Crippen LogP contribution in [0.2, 0.25) is 0 Å². The Bertz CT molecular complexity index is 502. The van der Waals surface area contributed by atoms with Crippen LogP contribution >= 0.6 is 47.8 Å². The van der Waals surface area contributed by atoms with E-state index in [-0.39, 0.29) is 4.90 Å². The molecular weight excluding hydrogens is 457 g/mol. The second-order valence-electron chi connectivity index (χ2n) is 2.97. The van der Waals surface area contributed by atoms with Gasteiger partial charge >= 0.3 is 6.18 Å². The quantitative estimate of drug-likeness (QED) is 0.586. The summed E-state index contributed by atoms with van der Waals surface area (Å²) in [5.74, 6) is 0. The van der Waals surface area contributed by atoms with Gasteiger partial charge in [0.15, 0.2) is 0 Å². The van der Waals surface area contributed by atoms with Gasteiger partial charge in [-0.3, -0.25) is 0 Å². The first kappa shape index (κ1) is 15.5. The van der Waals surface area contributed by atoms with Crippen molar-refractivity contribution < 1.29 is 21.6 Å². The molecule has 0 saturated carbocycles. The SMILES string of the molecule is O=S(=O)(c1ccc(C(F)(F)F)cc1)C(Br)(Br)Br. The summed E-state index contributed by atoms with van der Waals surface area (Å²) >= 11 is 8.45. The normalized spacial score (nSPS) is 13.8. The zero-order chi connectivity index (χ0) is 13.5. The minimum atomic E-state index is -4.49. The van der Waals surface area contributed by atoms with Crippen LogP contribution < -0.4 is 0 Å². The van der Waals surface area contributed by atoms with Crippen molar-refractivity contribution in [1.82, 2.24) is 0 Å². The number of hydrogen-bond acceptors (Lipinski definition) is 2. The topological polar surface area (TPSA) is 34.1 Å². The molecule has 17 heavy (non-hydrogen) atoms. The van der Waals surface area contributed by atoms with E-state index in [4.69, 9.17) is 0 Å². The lowest BCUT2D eigenvalue weighted by molar-refractivity contribution is -0.137. The molecular formula is C8H4Br3F3O2S. The summed E-state index contributed by atoms with van der Waals surface area (Å²) in [5, 5.41) is 0. The van der Waals surface area contributed by atoms with Gasteiger partial charge in [-0.15, -0.1) is 0 Å². The fraction of sp³-hybridized carbons (Fsp3) is 0.250. The van der Waals surface area contributed by atoms with Gasteiger partial charge in [-0.25, -0.2) is 8.42 Å². The van der Waals surface area contributed by atoms with Crippen LogP contribution in [0.4, 0.5) is 13.2 Å². The predicted octanol–water partition coefficient (Wildman–Crippen LogP) is 4.28. The van der Waals surface area contributed by atoms with Gasteiger partial charge in [0, 0.05) is 0 Å². The Morgan fingerprint density at radius 1 is 0.941 bits per heavy atom. The third-order valence-corrected chi connectivity index (χ3v) is 7.13. The molecule has 0 N–H and O–H groups in total. The van der Waals surface area contributed by atoms with E-state index in [1.54, 1.807) is 0 Å². The monoisotopic (exact) mass is 458 g/mol. The van der Waals surface area contributed by atoms with E-state index in [1.807, 2.05) is 0 Å². The van der Waals surface area contributed by atoms with Crippen molar-refractivity contribution in [3.05, 3.63) is 29.8 Å². The maximum atomic E-state index is 12.3. The number of sulfone groups is 1. The Balaban J connectivity index is 3.22. The molecule has 0 aliphatic heterocycles. The van der Waals surface area contributed by atoms with E-state index >= 15 is 0 Å². The van der Waals surface area contributed by atoms with Crippen LogP contribution in [0.1, 0.15) is 5.56 Å². The number of benzene rings is 1. The first-order chi connectivity index (χ1) is 7.46. The Labute approximate surface area is 121 Å². The molecule has 0 radical (unpaired) electrons. The van der Waals surface area contributed by atoms with Crippen LogP contribution in [-0.4, -0.2) is 9.89 Å². The molecule has 0 heterocycles. The summed E-state index contributed by atoms with van der Waals surface area (Å²) in [4.78, 5) is -0.240. The van der Waals surface area contributed by atoms with E-state index in [9.17, 15) is 21.6 Å². The lowest BCUT2D eigenvalue weighted by Gasteiger charge is -2.14. The van der Waals surface area contributed by atoms with Gasteiger partial charge in [0.05, 0.1) is 10.5 Å². The molecule has 0 unspecified atom stereocenters. The Morgan fingerprint density at radius 2 is 1.35 bits per heavy atom. The number of halogens is 6. The first-order valence-corrected chi connectivity index (χ1v) is 7.81. The van der Waals surface area contributed by atoms with E-state index < -0.39 is 23.1 Å². The zero-order valence-electron chi connectivity index (χ0n) is 7.80. The molecule has 1 aromatic carbocycles. The maximum absolute atomic E-state index is 12.3. The van der Waals surface area contributed by atoms with Gasteiger partial charge in [0.2, 0.25) is 11.3 Å². The van der Waals surface area contributed by atoms with Gasteiger partial charge in [-0.1, -0.05) is 0 Å². The highest BCUT2D eigenvalue weighted by molar-refractivity contribution is 9.42. The molecule has 1 aromatic rings. The minimum absolute atomic E-state index is 0.240. The standard InChI is InChI=1S/C8H4Br3F3O2S/c9-8(10,11)17(15,16)6-3-1-5(2-4-6)7(12,13)14/h1-4H. The third-order valence-electron chi connectivity index (χ3n) is 1.80. The molecule has 96 valence electrons. The van der Waals surface area contributed by atoms with Crippen molar-refractivity contribution >= 4 is 57.6 Å². The summed E-state index contributed by atoms with van der Waals surface area (Å²) in [7, 11) is -3.86. The zero-order valence-corrected chi connectivity index (χ0v) is 13.4. The smallest absolute Gasteiger partial charge is 0.220 e. The van der Waals surface area contributed by atoms with Gasteiger partial charge in [-0.2, -0.15) is 13.2 Å². The van der Waals surface area contributed by atoms with Crippen LogP contribution in [0.25, 0.3) is 0 Å². The Kier molecular flexibility index (Phi) is 4.38. The largest absolute Gasteiger partial charge is 0.416 e. The van der Waals surface area contributed by atoms with Gasteiger partial charge in [-0.05, 0) is 72.1 Å². The molecule has 0 fully saturated rings. The highest BCUT2D eigenvalue weighted by Crippen LogP contribution is 2.43. The predicted molar refractivity (Wildman–Crippen MR) is 68.1 cm³/mol. The molecule has 0 aliphatic rings. The highest BCUT2D eigenvalue weighted by Gasteiger charge is 2.38. The minimum Gasteiger partial charge on any atom is -0.220 e. The van der Waals surface area contributed by atoms with Crippen LogP contribution in [0.15, 0.2) is 29.2 Å². The fourth-order valence-electron chi connectivity index (χ4n) is 0.957. The fourth-order valence-corrected chi connectivity index (χ4v) is 3.40. The summed E-state index contributed by atoms with van der Waals surface area (Å²) < 4.78 is 58.8. The number of alkyl halides is 6. The molecule has 0 aliphatic carbocycles. The summed E-state index contributed by atoms with van der Waals surface area (Å²) in [6, 6.07) is 3.23. The second-order valence-corrected chi connectivity index (χ2v) is 13.4. The average Bonchev–Trinajstić information content (AvgIpc) is 2.15. The van der Waals surface area contributed by atoms with Crippen molar-refractivity contribution in [2.24, 2.45) is 0 Å². The molecule has 0 saturated heterocycles. The van der Waals surface area contributed by atoms with Gasteiger partial charge < -0.3 is 0 Å². The van der Waals surface area contributed by atoms with Crippen molar-refractivity contribution in [3.8, 4) is 0 Å². The Morgan fingerprint density at radius 3 is 1.65 bits per heavy atom. The van der Waals surface area contributed by atoms with E-state index in [2.05, 4.69) is 47.8 Å². The van der Waals surface area contributed by atoms with Crippen LogP contribution in [-0.2, 0) is 16.0 Å². The van der Waals surface area contributed by atoms with Crippen molar-refractivity contribution in [2.45, 2.75) is 12.5 Å². The van der Waals surface area contributed by atoms with E-state index in [1.165, 1.54) is 0 Å². The summed E-state index contributed by atoms with van der Waals surface area (Å²) in [5.41, 5.74) is -0.902. The van der Waals surface area contributed by atoms with E-state index in [0.717, 1.165) is 12.1 Å². The summed E-state index contributed by atoms with van der Waals surface area (Å²) in [6.45, 7) is 0. The molecule has 0 atom stereocenters. The first-order valence-electron chi connectivity index (χ1n) is 3.95.